The highest BCUT2D eigenvalue weighted by Crippen LogP contribution is 2.23. The first kappa shape index (κ1) is 12.7. The second-order valence-corrected chi connectivity index (χ2v) is 4.33. The molecule has 15 heavy (non-hydrogen) atoms. The maximum absolute atomic E-state index is 13.1. The minimum Gasteiger partial charge on any atom is -0.394 e. The van der Waals surface area contributed by atoms with Gasteiger partial charge < -0.3 is 15.5 Å². The molecule has 0 bridgehead atoms. The van der Waals surface area contributed by atoms with Crippen LogP contribution < -0.4 is 5.32 Å². The summed E-state index contributed by atoms with van der Waals surface area (Å²) in [5, 5.41) is 20.7. The molecule has 3 N–H and O–H groups in total. The second-order valence-electron chi connectivity index (χ2n) is 3.25. The second kappa shape index (κ2) is 5.62. The third kappa shape index (κ3) is 3.29. The van der Waals surface area contributed by atoms with Crippen LogP contribution in [0.15, 0.2) is 12.1 Å². The van der Waals surface area contributed by atoms with Crippen molar-refractivity contribution in [1.29, 1.82) is 0 Å². The zero-order chi connectivity index (χ0) is 11.4. The van der Waals surface area contributed by atoms with Crippen LogP contribution in [0.5, 0.6) is 0 Å². The van der Waals surface area contributed by atoms with E-state index < -0.39 is 6.10 Å². The van der Waals surface area contributed by atoms with Gasteiger partial charge in [0.25, 0.3) is 0 Å². The van der Waals surface area contributed by atoms with Gasteiger partial charge in [-0.25, -0.2) is 4.39 Å². The third-order valence-electron chi connectivity index (χ3n) is 2.06. The summed E-state index contributed by atoms with van der Waals surface area (Å²) >= 11 is 2.04. The molecule has 0 radical (unpaired) electrons. The summed E-state index contributed by atoms with van der Waals surface area (Å²) in [4.78, 5) is 0. The van der Waals surface area contributed by atoms with Crippen molar-refractivity contribution >= 4 is 28.3 Å². The van der Waals surface area contributed by atoms with Crippen molar-refractivity contribution in [3.63, 3.8) is 0 Å². The van der Waals surface area contributed by atoms with E-state index in [-0.39, 0.29) is 19.0 Å². The van der Waals surface area contributed by atoms with Gasteiger partial charge in [-0.2, -0.15) is 0 Å². The van der Waals surface area contributed by atoms with Crippen LogP contribution in [-0.4, -0.2) is 29.5 Å². The molecule has 84 valence electrons. The quantitative estimate of drug-likeness (QED) is 0.736. The number of hydrogen-bond acceptors (Lipinski definition) is 3. The predicted octanol–water partition coefficient (Wildman–Crippen LogP) is 1.50. The van der Waals surface area contributed by atoms with E-state index in [1.54, 1.807) is 13.0 Å². The van der Waals surface area contributed by atoms with Crippen molar-refractivity contribution in [2.24, 2.45) is 0 Å². The summed E-state index contributed by atoms with van der Waals surface area (Å²) in [5.74, 6) is -0.243. The van der Waals surface area contributed by atoms with Gasteiger partial charge in [0, 0.05) is 21.4 Å². The van der Waals surface area contributed by atoms with Gasteiger partial charge >= 0.3 is 0 Å². The predicted molar refractivity (Wildman–Crippen MR) is 65.4 cm³/mol. The number of benzene rings is 1. The molecular formula is C10H13FINO2. The fraction of sp³-hybridized carbons (Fsp3) is 0.400. The van der Waals surface area contributed by atoms with Gasteiger partial charge in [0.15, 0.2) is 0 Å². The first-order valence-corrected chi connectivity index (χ1v) is 5.61. The van der Waals surface area contributed by atoms with Crippen LogP contribution in [0.1, 0.15) is 5.56 Å². The number of aliphatic hydroxyl groups is 2. The number of aliphatic hydroxyl groups excluding tert-OH is 2. The molecule has 5 heteroatoms. The van der Waals surface area contributed by atoms with Gasteiger partial charge in [-0.15, -0.1) is 0 Å². The van der Waals surface area contributed by atoms with E-state index >= 15 is 0 Å². The van der Waals surface area contributed by atoms with Crippen LogP contribution in [0.4, 0.5) is 10.1 Å². The van der Waals surface area contributed by atoms with Crippen molar-refractivity contribution < 1.29 is 14.6 Å². The molecule has 0 aliphatic heterocycles. The van der Waals surface area contributed by atoms with Gasteiger partial charge in [0.1, 0.15) is 5.82 Å². The topological polar surface area (TPSA) is 52.5 Å². The van der Waals surface area contributed by atoms with Crippen LogP contribution >= 0.6 is 22.6 Å². The van der Waals surface area contributed by atoms with E-state index in [2.05, 4.69) is 5.32 Å². The van der Waals surface area contributed by atoms with E-state index in [1.165, 1.54) is 6.07 Å². The maximum atomic E-state index is 13.1. The van der Waals surface area contributed by atoms with Gasteiger partial charge in [-0.05, 0) is 41.6 Å². The SMILES string of the molecule is Cc1c(F)ccc(NCC(O)CO)c1I. The fourth-order valence-electron chi connectivity index (χ4n) is 1.09. The third-order valence-corrected chi connectivity index (χ3v) is 3.45. The Kier molecular flexibility index (Phi) is 4.75. The summed E-state index contributed by atoms with van der Waals surface area (Å²) in [6, 6.07) is 3.00. The van der Waals surface area contributed by atoms with Gasteiger partial charge in [-0.3, -0.25) is 0 Å². The van der Waals surface area contributed by atoms with Crippen LogP contribution in [-0.2, 0) is 0 Å². The van der Waals surface area contributed by atoms with Crippen LogP contribution in [0.3, 0.4) is 0 Å². The Bertz CT molecular complexity index is 346. The molecule has 0 spiro atoms. The molecule has 0 aliphatic carbocycles. The van der Waals surface area contributed by atoms with Crippen molar-refractivity contribution in [3.05, 3.63) is 27.1 Å². The molecule has 1 atom stereocenters. The van der Waals surface area contributed by atoms with Crippen molar-refractivity contribution in [2.75, 3.05) is 18.5 Å². The highest BCUT2D eigenvalue weighted by Gasteiger charge is 2.08. The van der Waals surface area contributed by atoms with Crippen molar-refractivity contribution in [3.8, 4) is 0 Å². The monoisotopic (exact) mass is 325 g/mol. The fourth-order valence-corrected chi connectivity index (χ4v) is 1.72. The van der Waals surface area contributed by atoms with Gasteiger partial charge in [0.05, 0.1) is 12.7 Å². The summed E-state index contributed by atoms with van der Waals surface area (Å²) in [5.41, 5.74) is 1.35. The minimum absolute atomic E-state index is 0.243. The Morgan fingerprint density at radius 3 is 2.80 bits per heavy atom. The van der Waals surface area contributed by atoms with Crippen LogP contribution in [0, 0.1) is 16.3 Å². The first-order valence-electron chi connectivity index (χ1n) is 4.53. The first-order chi connectivity index (χ1) is 7.06. The zero-order valence-corrected chi connectivity index (χ0v) is 10.5. The molecule has 0 saturated carbocycles. The van der Waals surface area contributed by atoms with Crippen LogP contribution in [0.2, 0.25) is 0 Å². The normalized spacial score (nSPS) is 12.6. The number of hydrogen-bond donors (Lipinski definition) is 3. The Balaban J connectivity index is 2.74. The molecule has 0 aromatic heterocycles. The Morgan fingerprint density at radius 2 is 2.20 bits per heavy atom. The Labute approximate surface area is 101 Å². The number of halogens is 2. The lowest BCUT2D eigenvalue weighted by Crippen LogP contribution is -2.23. The molecule has 0 heterocycles. The molecule has 0 aliphatic rings. The molecule has 1 rings (SSSR count). The minimum atomic E-state index is -0.800. The lowest BCUT2D eigenvalue weighted by atomic mass is 10.2. The Morgan fingerprint density at radius 1 is 1.53 bits per heavy atom. The molecular weight excluding hydrogens is 312 g/mol. The molecule has 0 amide bonds. The highest BCUT2D eigenvalue weighted by molar-refractivity contribution is 14.1. The van der Waals surface area contributed by atoms with E-state index in [0.717, 1.165) is 9.26 Å². The number of anilines is 1. The zero-order valence-electron chi connectivity index (χ0n) is 8.30. The molecule has 1 aromatic rings. The summed E-state index contributed by atoms with van der Waals surface area (Å²) in [6.45, 7) is 1.66. The highest BCUT2D eigenvalue weighted by atomic mass is 127. The average molecular weight is 325 g/mol. The summed E-state index contributed by atoms with van der Waals surface area (Å²) < 4.78 is 13.9. The molecule has 1 unspecified atom stereocenters. The Hall–Kier alpha value is -0.400. The molecule has 3 nitrogen and oxygen atoms in total. The van der Waals surface area contributed by atoms with E-state index in [9.17, 15) is 4.39 Å². The summed E-state index contributed by atoms with van der Waals surface area (Å²) in [6.07, 6.45) is -0.800. The molecule has 0 saturated heterocycles. The van der Waals surface area contributed by atoms with E-state index in [0.29, 0.717) is 5.56 Å². The van der Waals surface area contributed by atoms with Gasteiger partial charge in [0.2, 0.25) is 0 Å². The number of rotatable bonds is 4. The maximum Gasteiger partial charge on any atom is 0.127 e. The lowest BCUT2D eigenvalue weighted by molar-refractivity contribution is 0.105. The van der Waals surface area contributed by atoms with E-state index in [4.69, 9.17) is 10.2 Å². The standard InChI is InChI=1S/C10H13FINO2/c1-6-8(11)2-3-9(10(6)12)13-4-7(15)5-14/h2-3,7,13-15H,4-5H2,1H3. The van der Waals surface area contributed by atoms with E-state index in [1.807, 2.05) is 22.6 Å². The van der Waals surface area contributed by atoms with Gasteiger partial charge in [-0.1, -0.05) is 0 Å². The number of nitrogens with one attached hydrogen (secondary N) is 1. The lowest BCUT2D eigenvalue weighted by Gasteiger charge is -2.13. The summed E-state index contributed by atoms with van der Waals surface area (Å²) in [7, 11) is 0. The largest absolute Gasteiger partial charge is 0.394 e. The molecule has 1 aromatic carbocycles. The van der Waals surface area contributed by atoms with Crippen molar-refractivity contribution in [1.82, 2.24) is 0 Å². The smallest absolute Gasteiger partial charge is 0.127 e. The molecule has 0 fully saturated rings. The average Bonchev–Trinajstić information content (AvgIpc) is 2.24. The van der Waals surface area contributed by atoms with Crippen molar-refractivity contribution in [2.45, 2.75) is 13.0 Å². The van der Waals surface area contributed by atoms with Crippen LogP contribution in [0.25, 0.3) is 0 Å².